The average molecular weight is 462 g/mol. The third kappa shape index (κ3) is 6.62. The fraction of sp³-hybridized carbons (Fsp3) is 0.640. The summed E-state index contributed by atoms with van der Waals surface area (Å²) in [7, 11) is 1.66. The Hall–Kier alpha value is -2.29. The van der Waals surface area contributed by atoms with Crippen LogP contribution in [0.25, 0.3) is 0 Å². The van der Waals surface area contributed by atoms with Gasteiger partial charge < -0.3 is 25.0 Å². The van der Waals surface area contributed by atoms with Gasteiger partial charge in [0.2, 0.25) is 0 Å². The van der Waals surface area contributed by atoms with E-state index < -0.39 is 23.9 Å². The number of carbonyl (C=O) groups is 1. The van der Waals surface area contributed by atoms with Crippen LogP contribution in [0.3, 0.4) is 0 Å². The van der Waals surface area contributed by atoms with E-state index in [-0.39, 0.29) is 0 Å². The minimum atomic E-state index is -1.27. The van der Waals surface area contributed by atoms with Gasteiger partial charge in [-0.15, -0.1) is 0 Å². The van der Waals surface area contributed by atoms with Crippen LogP contribution < -0.4 is 15.4 Å². The van der Waals surface area contributed by atoms with Gasteiger partial charge in [0.15, 0.2) is 6.23 Å². The number of aliphatic hydroxyl groups excluding tert-OH is 1. The van der Waals surface area contributed by atoms with E-state index >= 15 is 0 Å². The Morgan fingerprint density at radius 3 is 2.85 bits per heavy atom. The van der Waals surface area contributed by atoms with Crippen molar-refractivity contribution in [3.05, 3.63) is 36.0 Å². The molecule has 1 aromatic rings. The van der Waals surface area contributed by atoms with Gasteiger partial charge in [-0.3, -0.25) is 10.2 Å². The van der Waals surface area contributed by atoms with Gasteiger partial charge in [0.25, 0.3) is 0 Å². The van der Waals surface area contributed by atoms with Gasteiger partial charge in [0.1, 0.15) is 5.75 Å². The number of hydrogen-bond donors (Lipinski definition) is 4. The Labute approximate surface area is 197 Å². The summed E-state index contributed by atoms with van der Waals surface area (Å²) in [5.41, 5.74) is 1.55. The van der Waals surface area contributed by atoms with Gasteiger partial charge in [-0.25, -0.2) is 4.79 Å². The molecule has 3 atom stereocenters. The van der Waals surface area contributed by atoms with E-state index in [1.54, 1.807) is 7.11 Å². The highest BCUT2D eigenvalue weighted by Crippen LogP contribution is 2.43. The summed E-state index contributed by atoms with van der Waals surface area (Å²) >= 11 is 0. The highest BCUT2D eigenvalue weighted by Gasteiger charge is 2.41. The zero-order chi connectivity index (χ0) is 23.7. The number of aliphatic hydroxyl groups is 1. The van der Waals surface area contributed by atoms with Gasteiger partial charge in [-0.1, -0.05) is 45.1 Å². The number of fused-ring (bicyclic) bond motifs is 1. The van der Waals surface area contributed by atoms with Gasteiger partial charge >= 0.3 is 6.16 Å². The molecule has 3 unspecified atom stereocenters. The molecule has 2 aliphatic heterocycles. The van der Waals surface area contributed by atoms with Crippen molar-refractivity contribution in [3.8, 4) is 5.75 Å². The molecule has 0 aromatic heterocycles. The fourth-order valence-electron chi connectivity index (χ4n) is 4.94. The number of methoxy groups -OCH3 is 1. The number of nitrogens with zero attached hydrogens (tertiary/aromatic N) is 1. The molecular weight excluding hydrogens is 422 g/mol. The third-order valence-corrected chi connectivity index (χ3v) is 6.82. The molecule has 1 fully saturated rings. The number of ether oxygens (including phenoxy) is 2. The van der Waals surface area contributed by atoms with Crippen LogP contribution in [-0.2, 0) is 10.2 Å². The molecule has 1 saturated heterocycles. The van der Waals surface area contributed by atoms with Crippen LogP contribution >= 0.6 is 0 Å². The molecule has 0 radical (unpaired) electrons. The monoisotopic (exact) mass is 461 g/mol. The number of nitrogens with one attached hydrogen (secondary N) is 2. The Balaban J connectivity index is 1.78. The van der Waals surface area contributed by atoms with Crippen LogP contribution in [0.1, 0.15) is 57.4 Å². The van der Waals surface area contributed by atoms with Crippen molar-refractivity contribution in [2.75, 3.05) is 38.6 Å². The van der Waals surface area contributed by atoms with Crippen molar-refractivity contribution in [1.29, 1.82) is 0 Å². The van der Waals surface area contributed by atoms with Gasteiger partial charge in [-0.05, 0) is 36.4 Å². The minimum absolute atomic E-state index is 0.497. The van der Waals surface area contributed by atoms with Crippen LogP contribution in [0.2, 0.25) is 0 Å². The van der Waals surface area contributed by atoms with E-state index in [1.165, 1.54) is 19.3 Å². The first-order valence-corrected chi connectivity index (χ1v) is 12.1. The third-order valence-electron chi connectivity index (χ3n) is 6.82. The number of carboxylic acid groups (broad SMARTS) is 1. The Morgan fingerprint density at radius 1 is 1.27 bits per heavy atom. The molecular formula is C25H39N3O5. The molecule has 3 rings (SSSR count). The second-order valence-corrected chi connectivity index (χ2v) is 9.03. The van der Waals surface area contributed by atoms with E-state index in [1.807, 2.05) is 24.4 Å². The maximum absolute atomic E-state index is 11.7. The molecule has 0 bridgehead atoms. The minimum Gasteiger partial charge on any atom is -0.497 e. The van der Waals surface area contributed by atoms with Crippen molar-refractivity contribution in [2.24, 2.45) is 0 Å². The quantitative estimate of drug-likeness (QED) is 0.291. The fourth-order valence-corrected chi connectivity index (χ4v) is 4.94. The second-order valence-electron chi connectivity index (χ2n) is 9.03. The number of hydrogen-bond acceptors (Lipinski definition) is 7. The number of anilines is 1. The lowest BCUT2D eigenvalue weighted by Crippen LogP contribution is -2.47. The predicted molar refractivity (Wildman–Crippen MR) is 129 cm³/mol. The lowest BCUT2D eigenvalue weighted by molar-refractivity contribution is 0.0324. The van der Waals surface area contributed by atoms with E-state index in [9.17, 15) is 9.90 Å². The second kappa shape index (κ2) is 12.3. The standard InChI is InChI=1S/C25H39N3O5/c1-3-4-5-6-7-11-25(12-13-26-21-9-8-19(32-2)17-20(21)25)22(29)18-28-15-10-23(27-14-16-28)33-24(30)31/h8-9,12-13,17,22-23,26-27,29H,3-7,10-11,14-16,18H2,1-2H3,(H,30,31). The molecule has 0 spiro atoms. The summed E-state index contributed by atoms with van der Waals surface area (Å²) in [4.78, 5) is 13.1. The number of benzene rings is 1. The topological polar surface area (TPSA) is 103 Å². The molecule has 184 valence electrons. The highest BCUT2D eigenvalue weighted by atomic mass is 16.7. The zero-order valence-electron chi connectivity index (χ0n) is 19.9. The Kier molecular flexibility index (Phi) is 9.41. The molecule has 0 saturated carbocycles. The van der Waals surface area contributed by atoms with E-state index in [0.29, 0.717) is 26.1 Å². The number of β-amino-alcohol motifs (C(OH)–C–C–N with tert-alkyl or cyclic N) is 1. The van der Waals surface area contributed by atoms with Gasteiger partial charge in [-0.2, -0.15) is 0 Å². The van der Waals surface area contributed by atoms with Crippen molar-refractivity contribution in [1.82, 2.24) is 10.2 Å². The first-order chi connectivity index (χ1) is 16.0. The SMILES string of the molecule is CCCCCCCC1(C(O)CN2CCNC(OC(=O)O)CC2)C=CNc2ccc(OC)cc21. The van der Waals surface area contributed by atoms with Crippen LogP contribution in [-0.4, -0.2) is 66.9 Å². The van der Waals surface area contributed by atoms with Gasteiger partial charge in [0.05, 0.1) is 13.2 Å². The largest absolute Gasteiger partial charge is 0.507 e. The first-order valence-electron chi connectivity index (χ1n) is 12.1. The summed E-state index contributed by atoms with van der Waals surface area (Å²) in [6, 6.07) is 5.99. The normalized spacial score (nSPS) is 23.8. The van der Waals surface area contributed by atoms with Crippen molar-refractivity contribution in [3.63, 3.8) is 0 Å². The molecule has 8 heteroatoms. The van der Waals surface area contributed by atoms with Crippen molar-refractivity contribution in [2.45, 2.75) is 69.6 Å². The average Bonchev–Trinajstić information content (AvgIpc) is 3.03. The lowest BCUT2D eigenvalue weighted by atomic mass is 9.69. The van der Waals surface area contributed by atoms with Crippen LogP contribution in [0, 0.1) is 0 Å². The van der Waals surface area contributed by atoms with Crippen LogP contribution in [0.4, 0.5) is 10.5 Å². The zero-order valence-corrected chi connectivity index (χ0v) is 19.9. The summed E-state index contributed by atoms with van der Waals surface area (Å²) < 4.78 is 10.4. The van der Waals surface area contributed by atoms with E-state index in [0.717, 1.165) is 42.8 Å². The Morgan fingerprint density at radius 2 is 2.09 bits per heavy atom. The van der Waals surface area contributed by atoms with Gasteiger partial charge in [0, 0.05) is 43.7 Å². The summed E-state index contributed by atoms with van der Waals surface area (Å²) in [6.07, 6.45) is 8.88. The molecule has 2 aliphatic rings. The first kappa shape index (κ1) is 25.3. The Bertz CT molecular complexity index is 802. The molecule has 0 aliphatic carbocycles. The van der Waals surface area contributed by atoms with E-state index in [4.69, 9.17) is 14.6 Å². The maximum atomic E-state index is 11.7. The molecule has 0 amide bonds. The number of rotatable bonds is 11. The van der Waals surface area contributed by atoms with Crippen LogP contribution in [0.15, 0.2) is 30.5 Å². The van der Waals surface area contributed by atoms with E-state index in [2.05, 4.69) is 28.5 Å². The predicted octanol–water partition coefficient (Wildman–Crippen LogP) is 3.91. The maximum Gasteiger partial charge on any atom is 0.507 e. The van der Waals surface area contributed by atoms with Crippen LogP contribution in [0.5, 0.6) is 5.75 Å². The summed E-state index contributed by atoms with van der Waals surface area (Å²) in [6.45, 7) is 4.69. The van der Waals surface area contributed by atoms with Crippen molar-refractivity contribution >= 4 is 11.8 Å². The molecule has 33 heavy (non-hydrogen) atoms. The number of unbranched alkanes of at least 4 members (excludes halogenated alkanes) is 4. The summed E-state index contributed by atoms with van der Waals surface area (Å²) in [5.74, 6) is 0.779. The molecule has 4 N–H and O–H groups in total. The van der Waals surface area contributed by atoms with Crippen molar-refractivity contribution < 1.29 is 24.5 Å². The summed E-state index contributed by atoms with van der Waals surface area (Å²) in [5, 5.41) is 27.0. The molecule has 1 aromatic carbocycles. The molecule has 8 nitrogen and oxygen atoms in total. The lowest BCUT2D eigenvalue weighted by Gasteiger charge is -2.41. The highest BCUT2D eigenvalue weighted by molar-refractivity contribution is 5.63. The molecule has 2 heterocycles. The smallest absolute Gasteiger partial charge is 0.497 e.